The highest BCUT2D eigenvalue weighted by Crippen LogP contribution is 2.01. The fourth-order valence-corrected chi connectivity index (χ4v) is 2.01. The standard InChI is InChI=1S/C16H18N4OS/c21-15(14-10-4-5-11-17-14)19-20-16(22)18-12-6-9-13-7-2-1-3-8-13/h1-5,7-8,10-11H,6,9,12H2,(H,19,21)(H2,18,20,22). The summed E-state index contributed by atoms with van der Waals surface area (Å²) in [5, 5.41) is 3.43. The molecule has 0 bridgehead atoms. The molecule has 3 N–H and O–H groups in total. The summed E-state index contributed by atoms with van der Waals surface area (Å²) in [5.41, 5.74) is 6.80. The second-order valence-electron chi connectivity index (χ2n) is 4.64. The Hall–Kier alpha value is -2.47. The quantitative estimate of drug-likeness (QED) is 0.446. The normalized spacial score (nSPS) is 9.82. The summed E-state index contributed by atoms with van der Waals surface area (Å²) >= 11 is 5.10. The third-order valence-corrected chi connectivity index (χ3v) is 3.20. The van der Waals surface area contributed by atoms with E-state index in [0.29, 0.717) is 10.8 Å². The van der Waals surface area contributed by atoms with Crippen molar-refractivity contribution in [2.75, 3.05) is 6.54 Å². The second-order valence-corrected chi connectivity index (χ2v) is 5.05. The number of benzene rings is 1. The van der Waals surface area contributed by atoms with Crippen molar-refractivity contribution in [3.63, 3.8) is 0 Å². The minimum absolute atomic E-state index is 0.325. The van der Waals surface area contributed by atoms with Crippen LogP contribution in [0.2, 0.25) is 0 Å². The van der Waals surface area contributed by atoms with Gasteiger partial charge in [-0.05, 0) is 42.8 Å². The largest absolute Gasteiger partial charge is 0.361 e. The maximum absolute atomic E-state index is 11.7. The Kier molecular flexibility index (Phi) is 6.32. The average Bonchev–Trinajstić information content (AvgIpc) is 2.58. The highest BCUT2D eigenvalue weighted by molar-refractivity contribution is 7.80. The van der Waals surface area contributed by atoms with Crippen LogP contribution in [0.3, 0.4) is 0 Å². The molecule has 5 nitrogen and oxygen atoms in total. The van der Waals surface area contributed by atoms with Crippen LogP contribution < -0.4 is 16.2 Å². The number of thiocarbonyl (C=S) groups is 1. The maximum atomic E-state index is 11.7. The lowest BCUT2D eigenvalue weighted by molar-refractivity contribution is 0.0938. The van der Waals surface area contributed by atoms with Gasteiger partial charge in [0.1, 0.15) is 5.69 Å². The first-order valence-corrected chi connectivity index (χ1v) is 7.45. The molecule has 0 atom stereocenters. The number of aromatic nitrogens is 1. The van der Waals surface area contributed by atoms with Crippen molar-refractivity contribution >= 4 is 23.2 Å². The van der Waals surface area contributed by atoms with Crippen LogP contribution in [0, 0.1) is 0 Å². The zero-order valence-electron chi connectivity index (χ0n) is 12.1. The summed E-state index contributed by atoms with van der Waals surface area (Å²) in [7, 11) is 0. The van der Waals surface area contributed by atoms with Gasteiger partial charge in [-0.2, -0.15) is 0 Å². The Morgan fingerprint density at radius 1 is 1.05 bits per heavy atom. The van der Waals surface area contributed by atoms with Crippen LogP contribution in [-0.2, 0) is 6.42 Å². The van der Waals surface area contributed by atoms with Crippen LogP contribution in [0.1, 0.15) is 22.5 Å². The number of carbonyl (C=O) groups is 1. The molecule has 0 saturated carbocycles. The van der Waals surface area contributed by atoms with E-state index in [1.165, 1.54) is 5.56 Å². The third kappa shape index (κ3) is 5.49. The van der Waals surface area contributed by atoms with Gasteiger partial charge in [0.2, 0.25) is 0 Å². The summed E-state index contributed by atoms with van der Waals surface area (Å²) in [6.07, 6.45) is 3.51. The summed E-state index contributed by atoms with van der Waals surface area (Å²) in [6.45, 7) is 0.736. The molecule has 2 aromatic rings. The van der Waals surface area contributed by atoms with E-state index in [2.05, 4.69) is 33.3 Å². The molecule has 1 amide bonds. The van der Waals surface area contributed by atoms with E-state index in [9.17, 15) is 4.79 Å². The first kappa shape index (κ1) is 15.9. The van der Waals surface area contributed by atoms with Gasteiger partial charge in [-0.25, -0.2) is 0 Å². The van der Waals surface area contributed by atoms with Gasteiger partial charge in [0.15, 0.2) is 5.11 Å². The Balaban J connectivity index is 1.61. The molecule has 0 aliphatic rings. The number of hydrazine groups is 1. The predicted octanol–water partition coefficient (Wildman–Crippen LogP) is 1.82. The van der Waals surface area contributed by atoms with E-state index >= 15 is 0 Å². The molecule has 22 heavy (non-hydrogen) atoms. The average molecular weight is 314 g/mol. The number of amides is 1. The highest BCUT2D eigenvalue weighted by Gasteiger charge is 2.05. The van der Waals surface area contributed by atoms with Crippen LogP contribution in [-0.4, -0.2) is 22.5 Å². The minimum Gasteiger partial charge on any atom is -0.361 e. The molecular weight excluding hydrogens is 296 g/mol. The van der Waals surface area contributed by atoms with Crippen LogP contribution in [0.4, 0.5) is 0 Å². The van der Waals surface area contributed by atoms with E-state index in [1.54, 1.807) is 24.4 Å². The van der Waals surface area contributed by atoms with E-state index in [4.69, 9.17) is 12.2 Å². The van der Waals surface area contributed by atoms with E-state index < -0.39 is 0 Å². The molecule has 1 aromatic heterocycles. The van der Waals surface area contributed by atoms with Crippen LogP contribution in [0.25, 0.3) is 0 Å². The lowest BCUT2D eigenvalue weighted by Gasteiger charge is -2.11. The molecule has 0 saturated heterocycles. The SMILES string of the molecule is O=C(NNC(=S)NCCCc1ccccc1)c1ccccn1. The zero-order valence-corrected chi connectivity index (χ0v) is 12.9. The fraction of sp³-hybridized carbons (Fsp3) is 0.188. The van der Waals surface area contributed by atoms with Crippen molar-refractivity contribution in [2.24, 2.45) is 0 Å². The van der Waals surface area contributed by atoms with Crippen molar-refractivity contribution < 1.29 is 4.79 Å². The minimum atomic E-state index is -0.325. The zero-order chi connectivity index (χ0) is 15.6. The Bertz CT molecular complexity index is 604. The first-order chi connectivity index (χ1) is 10.8. The van der Waals surface area contributed by atoms with Crippen LogP contribution >= 0.6 is 12.2 Å². The summed E-state index contributed by atoms with van der Waals surface area (Å²) in [6, 6.07) is 15.4. The van der Waals surface area contributed by atoms with Gasteiger partial charge in [0.05, 0.1) is 0 Å². The fourth-order valence-electron chi connectivity index (χ4n) is 1.86. The van der Waals surface area contributed by atoms with Crippen molar-refractivity contribution in [2.45, 2.75) is 12.8 Å². The monoisotopic (exact) mass is 314 g/mol. The molecule has 0 spiro atoms. The topological polar surface area (TPSA) is 66.1 Å². The summed E-state index contributed by atoms with van der Waals surface area (Å²) in [4.78, 5) is 15.7. The number of carbonyl (C=O) groups excluding carboxylic acids is 1. The first-order valence-electron chi connectivity index (χ1n) is 7.05. The van der Waals surface area contributed by atoms with Gasteiger partial charge in [-0.1, -0.05) is 36.4 Å². The molecule has 2 rings (SSSR count). The smallest absolute Gasteiger partial charge is 0.288 e. The van der Waals surface area contributed by atoms with Crippen LogP contribution in [0.15, 0.2) is 54.7 Å². The van der Waals surface area contributed by atoms with Gasteiger partial charge in [-0.3, -0.25) is 20.6 Å². The molecule has 114 valence electrons. The van der Waals surface area contributed by atoms with E-state index in [1.807, 2.05) is 18.2 Å². The Morgan fingerprint density at radius 2 is 1.82 bits per heavy atom. The van der Waals surface area contributed by atoms with Gasteiger partial charge in [0, 0.05) is 12.7 Å². The molecule has 6 heteroatoms. The molecule has 0 aliphatic carbocycles. The molecule has 0 fully saturated rings. The number of nitrogens with zero attached hydrogens (tertiary/aromatic N) is 1. The predicted molar refractivity (Wildman–Crippen MR) is 90.2 cm³/mol. The van der Waals surface area contributed by atoms with Crippen molar-refractivity contribution in [3.8, 4) is 0 Å². The number of hydrogen-bond donors (Lipinski definition) is 3. The highest BCUT2D eigenvalue weighted by atomic mass is 32.1. The maximum Gasteiger partial charge on any atom is 0.288 e. The summed E-state index contributed by atoms with van der Waals surface area (Å²) in [5.74, 6) is -0.325. The lowest BCUT2D eigenvalue weighted by Crippen LogP contribution is -2.47. The second kappa shape index (κ2) is 8.74. The Labute approximate surface area is 135 Å². The number of nitrogens with one attached hydrogen (secondary N) is 3. The van der Waals surface area contributed by atoms with E-state index in [0.717, 1.165) is 19.4 Å². The molecule has 1 heterocycles. The molecular formula is C16H18N4OS. The van der Waals surface area contributed by atoms with Crippen molar-refractivity contribution in [1.82, 2.24) is 21.2 Å². The molecule has 0 radical (unpaired) electrons. The number of hydrogen-bond acceptors (Lipinski definition) is 3. The van der Waals surface area contributed by atoms with Gasteiger partial charge in [-0.15, -0.1) is 0 Å². The van der Waals surface area contributed by atoms with Crippen molar-refractivity contribution in [1.29, 1.82) is 0 Å². The Morgan fingerprint density at radius 3 is 2.55 bits per heavy atom. The molecule has 0 aliphatic heterocycles. The van der Waals surface area contributed by atoms with Gasteiger partial charge in [0.25, 0.3) is 5.91 Å². The number of aryl methyl sites for hydroxylation is 1. The molecule has 0 unspecified atom stereocenters. The van der Waals surface area contributed by atoms with Crippen molar-refractivity contribution in [3.05, 3.63) is 66.0 Å². The van der Waals surface area contributed by atoms with Gasteiger partial charge < -0.3 is 5.32 Å². The number of pyridine rings is 1. The van der Waals surface area contributed by atoms with Crippen LogP contribution in [0.5, 0.6) is 0 Å². The lowest BCUT2D eigenvalue weighted by atomic mass is 10.1. The van der Waals surface area contributed by atoms with Gasteiger partial charge >= 0.3 is 0 Å². The van der Waals surface area contributed by atoms with E-state index in [-0.39, 0.29) is 5.91 Å². The molecule has 1 aromatic carbocycles. The third-order valence-electron chi connectivity index (χ3n) is 2.96. The summed E-state index contributed by atoms with van der Waals surface area (Å²) < 4.78 is 0. The number of rotatable bonds is 5.